The molecule has 3 heterocycles. The Balaban J connectivity index is 1.56. The van der Waals surface area contributed by atoms with Crippen LogP contribution >= 0.6 is 0 Å². The summed E-state index contributed by atoms with van der Waals surface area (Å²) in [6.07, 6.45) is 5.84. The molecule has 0 spiro atoms. The number of hydrogen-bond acceptors (Lipinski definition) is 6. The third-order valence-electron chi connectivity index (χ3n) is 5.88. The predicted octanol–water partition coefficient (Wildman–Crippen LogP) is 4.43. The molecule has 1 aliphatic rings. The van der Waals surface area contributed by atoms with E-state index in [9.17, 15) is 4.79 Å². The smallest absolute Gasteiger partial charge is 0.313 e. The fourth-order valence-electron chi connectivity index (χ4n) is 4.45. The van der Waals surface area contributed by atoms with Crippen LogP contribution in [0.5, 0.6) is 0 Å². The molecule has 1 atom stereocenters. The van der Waals surface area contributed by atoms with E-state index in [1.807, 2.05) is 37.4 Å². The van der Waals surface area contributed by atoms with Crippen molar-refractivity contribution in [3.05, 3.63) is 71.7 Å². The van der Waals surface area contributed by atoms with Gasteiger partial charge in [-0.25, -0.2) is 0 Å². The number of aromatic nitrogens is 2. The van der Waals surface area contributed by atoms with Gasteiger partial charge in [0.2, 0.25) is 0 Å². The van der Waals surface area contributed by atoms with Gasteiger partial charge in [-0.1, -0.05) is 35.0 Å². The molecule has 162 valence electrons. The van der Waals surface area contributed by atoms with Crippen LogP contribution in [0.25, 0.3) is 11.3 Å². The first-order chi connectivity index (χ1) is 15.1. The van der Waals surface area contributed by atoms with Crippen LogP contribution in [0.1, 0.15) is 36.7 Å². The normalized spacial score (nSPS) is 19.3. The molecule has 6 heteroatoms. The highest BCUT2D eigenvalue weighted by Crippen LogP contribution is 2.36. The second-order valence-corrected chi connectivity index (χ2v) is 8.40. The lowest BCUT2D eigenvalue weighted by Crippen LogP contribution is -2.49. The number of pyridine rings is 1. The van der Waals surface area contributed by atoms with Gasteiger partial charge in [0, 0.05) is 43.5 Å². The van der Waals surface area contributed by atoms with E-state index in [2.05, 4.69) is 40.2 Å². The van der Waals surface area contributed by atoms with Gasteiger partial charge in [0.1, 0.15) is 11.5 Å². The molecule has 1 fully saturated rings. The van der Waals surface area contributed by atoms with Crippen molar-refractivity contribution in [2.75, 3.05) is 19.7 Å². The Bertz CT molecular complexity index is 1020. The van der Waals surface area contributed by atoms with Crippen LogP contribution in [-0.4, -0.2) is 40.7 Å². The SMILES string of the molecule is CCOC(=O)[C@@]1(Cc2cc(-c3cccc(C)c3)no2)CCCN(Cc2cccnc2)C1. The molecule has 0 saturated carbocycles. The maximum atomic E-state index is 13.1. The number of ether oxygens (including phenoxy) is 1. The molecule has 0 unspecified atom stereocenters. The molecule has 3 aromatic rings. The number of piperidine rings is 1. The Hall–Kier alpha value is -2.99. The lowest BCUT2D eigenvalue weighted by atomic mass is 9.76. The standard InChI is InChI=1S/C25H29N3O3/c1-3-30-24(29)25(10-6-12-28(18-25)17-20-8-5-11-26-16-20)15-22-14-23(27-31-22)21-9-4-7-19(2)13-21/h4-5,7-9,11,13-14,16H,3,6,10,12,15,17-18H2,1-2H3/t25-/m1/s1. The highest BCUT2D eigenvalue weighted by Gasteiger charge is 2.44. The average molecular weight is 420 g/mol. The van der Waals surface area contributed by atoms with Gasteiger partial charge in [-0.3, -0.25) is 14.7 Å². The molecule has 6 nitrogen and oxygen atoms in total. The second kappa shape index (κ2) is 9.43. The van der Waals surface area contributed by atoms with Crippen molar-refractivity contribution in [3.8, 4) is 11.3 Å². The predicted molar refractivity (Wildman–Crippen MR) is 118 cm³/mol. The number of benzene rings is 1. The minimum absolute atomic E-state index is 0.153. The fourth-order valence-corrected chi connectivity index (χ4v) is 4.45. The molecule has 1 saturated heterocycles. The topological polar surface area (TPSA) is 68.5 Å². The third-order valence-corrected chi connectivity index (χ3v) is 5.88. The first-order valence-corrected chi connectivity index (χ1v) is 10.9. The molecule has 4 rings (SSSR count). The van der Waals surface area contributed by atoms with E-state index in [0.29, 0.717) is 25.3 Å². The summed E-state index contributed by atoms with van der Waals surface area (Å²) in [5, 5.41) is 4.27. The molecule has 1 aromatic carbocycles. The van der Waals surface area contributed by atoms with Crippen molar-refractivity contribution >= 4 is 5.97 Å². The third kappa shape index (κ3) is 5.02. The van der Waals surface area contributed by atoms with Crippen LogP contribution < -0.4 is 0 Å². The Morgan fingerprint density at radius 3 is 2.94 bits per heavy atom. The molecule has 0 radical (unpaired) electrons. The molecule has 0 bridgehead atoms. The maximum Gasteiger partial charge on any atom is 0.313 e. The maximum absolute atomic E-state index is 13.1. The number of nitrogens with zero attached hydrogens (tertiary/aromatic N) is 3. The van der Waals surface area contributed by atoms with E-state index in [1.54, 1.807) is 6.20 Å². The summed E-state index contributed by atoms with van der Waals surface area (Å²) in [6.45, 7) is 6.61. The Morgan fingerprint density at radius 1 is 1.26 bits per heavy atom. The summed E-state index contributed by atoms with van der Waals surface area (Å²) >= 11 is 0. The van der Waals surface area contributed by atoms with Crippen LogP contribution in [0.15, 0.2) is 59.4 Å². The summed E-state index contributed by atoms with van der Waals surface area (Å²) in [7, 11) is 0. The molecule has 0 N–H and O–H groups in total. The Labute approximate surface area is 183 Å². The number of rotatable bonds is 7. The van der Waals surface area contributed by atoms with Gasteiger partial charge in [0.05, 0.1) is 12.0 Å². The number of hydrogen-bond donors (Lipinski definition) is 0. The lowest BCUT2D eigenvalue weighted by molar-refractivity contribution is -0.159. The summed E-state index contributed by atoms with van der Waals surface area (Å²) in [5.74, 6) is 0.562. The quantitative estimate of drug-likeness (QED) is 0.528. The molecular formula is C25H29N3O3. The number of aryl methyl sites for hydroxylation is 1. The monoisotopic (exact) mass is 419 g/mol. The zero-order chi connectivity index (χ0) is 21.7. The van der Waals surface area contributed by atoms with Crippen molar-refractivity contribution in [2.45, 2.75) is 39.7 Å². The van der Waals surface area contributed by atoms with Crippen molar-refractivity contribution < 1.29 is 14.1 Å². The highest BCUT2D eigenvalue weighted by molar-refractivity contribution is 5.77. The summed E-state index contributed by atoms with van der Waals surface area (Å²) in [6, 6.07) is 14.1. The van der Waals surface area contributed by atoms with Gasteiger partial charge in [-0.2, -0.15) is 0 Å². The number of esters is 1. The van der Waals surface area contributed by atoms with Gasteiger partial charge in [-0.05, 0) is 50.9 Å². The minimum atomic E-state index is -0.639. The summed E-state index contributed by atoms with van der Waals surface area (Å²) < 4.78 is 11.2. The average Bonchev–Trinajstić information content (AvgIpc) is 3.23. The molecule has 31 heavy (non-hydrogen) atoms. The summed E-state index contributed by atoms with van der Waals surface area (Å²) in [5.41, 5.74) is 3.48. The number of carbonyl (C=O) groups is 1. The van der Waals surface area contributed by atoms with Gasteiger partial charge < -0.3 is 9.26 Å². The second-order valence-electron chi connectivity index (χ2n) is 8.40. The molecule has 1 aliphatic heterocycles. The van der Waals surface area contributed by atoms with Crippen molar-refractivity contribution in [3.63, 3.8) is 0 Å². The van der Waals surface area contributed by atoms with Gasteiger partial charge in [0.25, 0.3) is 0 Å². The van der Waals surface area contributed by atoms with E-state index >= 15 is 0 Å². The fraction of sp³-hybridized carbons (Fsp3) is 0.400. The first kappa shape index (κ1) is 21.2. The van der Waals surface area contributed by atoms with Gasteiger partial charge in [0.15, 0.2) is 0 Å². The van der Waals surface area contributed by atoms with Crippen molar-refractivity contribution in [1.82, 2.24) is 15.0 Å². The van der Waals surface area contributed by atoms with Crippen molar-refractivity contribution in [1.29, 1.82) is 0 Å². The molecular weight excluding hydrogens is 390 g/mol. The highest BCUT2D eigenvalue weighted by atomic mass is 16.5. The first-order valence-electron chi connectivity index (χ1n) is 10.9. The molecule has 0 aliphatic carbocycles. The Kier molecular flexibility index (Phi) is 6.47. The van der Waals surface area contributed by atoms with Crippen LogP contribution in [-0.2, 0) is 22.5 Å². The minimum Gasteiger partial charge on any atom is -0.466 e. The van der Waals surface area contributed by atoms with E-state index in [4.69, 9.17) is 9.26 Å². The van der Waals surface area contributed by atoms with Crippen LogP contribution in [0.2, 0.25) is 0 Å². The van der Waals surface area contributed by atoms with E-state index in [1.165, 1.54) is 5.56 Å². The van der Waals surface area contributed by atoms with Gasteiger partial charge in [-0.15, -0.1) is 0 Å². The van der Waals surface area contributed by atoms with E-state index < -0.39 is 5.41 Å². The van der Waals surface area contributed by atoms with Crippen molar-refractivity contribution in [2.24, 2.45) is 5.41 Å². The lowest BCUT2D eigenvalue weighted by Gasteiger charge is -2.40. The largest absolute Gasteiger partial charge is 0.466 e. The zero-order valence-electron chi connectivity index (χ0n) is 18.2. The molecule has 2 aromatic heterocycles. The summed E-state index contributed by atoms with van der Waals surface area (Å²) in [4.78, 5) is 19.7. The Morgan fingerprint density at radius 2 is 2.16 bits per heavy atom. The van der Waals surface area contributed by atoms with Gasteiger partial charge >= 0.3 is 5.97 Å². The van der Waals surface area contributed by atoms with E-state index in [0.717, 1.165) is 42.8 Å². The number of likely N-dealkylation sites (tertiary alicyclic amines) is 1. The van der Waals surface area contributed by atoms with Crippen LogP contribution in [0, 0.1) is 12.3 Å². The number of carbonyl (C=O) groups excluding carboxylic acids is 1. The zero-order valence-corrected chi connectivity index (χ0v) is 18.2. The molecule has 0 amide bonds. The van der Waals surface area contributed by atoms with Crippen LogP contribution in [0.3, 0.4) is 0 Å². The van der Waals surface area contributed by atoms with E-state index in [-0.39, 0.29) is 5.97 Å². The van der Waals surface area contributed by atoms with Crippen LogP contribution in [0.4, 0.5) is 0 Å².